The molecule has 0 saturated carbocycles. The number of hydrogen-bond donors (Lipinski definition) is 0. The molecule has 0 bridgehead atoms. The molecule has 2 aromatic carbocycles. The topological polar surface area (TPSA) is 35.1 Å². The van der Waals surface area contributed by atoms with E-state index < -0.39 is 0 Å². The zero-order valence-corrected chi connectivity index (χ0v) is 12.2. The van der Waals surface area contributed by atoms with Crippen LogP contribution in [0.25, 0.3) is 22.5 Å². The van der Waals surface area contributed by atoms with Crippen LogP contribution in [0.2, 0.25) is 0 Å². The summed E-state index contributed by atoms with van der Waals surface area (Å²) in [6, 6.07) is 19.2. The Kier molecular flexibility index (Phi) is 2.93. The van der Waals surface area contributed by atoms with Crippen LogP contribution in [-0.2, 0) is 20.1 Å². The molecule has 0 aliphatic rings. The van der Waals surface area contributed by atoms with E-state index in [9.17, 15) is 0 Å². The second-order valence-corrected chi connectivity index (χ2v) is 4.04. The van der Waals surface area contributed by atoms with Crippen molar-refractivity contribution in [2.75, 3.05) is 0 Å². The molecule has 0 aliphatic heterocycles. The molecule has 95 valence electrons. The Morgan fingerprint density at radius 1 is 0.947 bits per heavy atom. The van der Waals surface area contributed by atoms with Gasteiger partial charge in [-0.3, -0.25) is 0 Å². The molecule has 5 heteroatoms. The van der Waals surface area contributed by atoms with Gasteiger partial charge in [-0.05, 0) is 12.1 Å². The third-order valence-electron chi connectivity index (χ3n) is 3.01. The van der Waals surface area contributed by atoms with Crippen molar-refractivity contribution in [2.45, 2.75) is 0 Å². The first-order valence-electron chi connectivity index (χ1n) is 5.71. The molecular formula is C14H9IrN4-. The molecule has 0 unspecified atom stereocenters. The van der Waals surface area contributed by atoms with Gasteiger partial charge in [0.05, 0.1) is 11.0 Å². The second kappa shape index (κ2) is 4.61. The van der Waals surface area contributed by atoms with Gasteiger partial charge in [-0.2, -0.15) is 38.9 Å². The smallest absolute Gasteiger partial charge is 0.236 e. The van der Waals surface area contributed by atoms with Crippen LogP contribution in [0.5, 0.6) is 0 Å². The summed E-state index contributed by atoms with van der Waals surface area (Å²) < 4.78 is 3.90. The number of imidazole rings is 1. The maximum Gasteiger partial charge on any atom is 0.236 e. The SMILES string of the molecule is [Ir].[c-]1ccccc1-n1c2ccccc2n2ncnc12. The van der Waals surface area contributed by atoms with Gasteiger partial charge in [0.1, 0.15) is 6.33 Å². The fourth-order valence-electron chi connectivity index (χ4n) is 2.26. The van der Waals surface area contributed by atoms with Gasteiger partial charge in [0.25, 0.3) is 0 Å². The summed E-state index contributed by atoms with van der Waals surface area (Å²) >= 11 is 0. The van der Waals surface area contributed by atoms with Crippen LogP contribution in [0.1, 0.15) is 0 Å². The predicted octanol–water partition coefficient (Wildman–Crippen LogP) is 2.47. The van der Waals surface area contributed by atoms with Crippen LogP contribution in [0.15, 0.2) is 54.9 Å². The van der Waals surface area contributed by atoms with E-state index in [0.29, 0.717) is 0 Å². The minimum absolute atomic E-state index is 0. The van der Waals surface area contributed by atoms with Crippen LogP contribution in [-0.4, -0.2) is 19.2 Å². The monoisotopic (exact) mass is 426 g/mol. The maximum atomic E-state index is 4.33. The van der Waals surface area contributed by atoms with Crippen molar-refractivity contribution in [3.8, 4) is 5.69 Å². The van der Waals surface area contributed by atoms with E-state index in [1.807, 2.05) is 47.0 Å². The number of rotatable bonds is 1. The van der Waals surface area contributed by atoms with E-state index in [1.54, 1.807) is 6.33 Å². The third kappa shape index (κ3) is 1.70. The zero-order chi connectivity index (χ0) is 11.9. The first-order chi connectivity index (χ1) is 8.95. The fourth-order valence-corrected chi connectivity index (χ4v) is 2.26. The molecule has 2 aromatic heterocycles. The summed E-state index contributed by atoms with van der Waals surface area (Å²) in [5.41, 5.74) is 3.09. The summed E-state index contributed by atoms with van der Waals surface area (Å²) in [5, 5.41) is 4.26. The van der Waals surface area contributed by atoms with Crippen LogP contribution in [0.4, 0.5) is 0 Å². The van der Waals surface area contributed by atoms with Crippen LogP contribution in [0, 0.1) is 6.07 Å². The Balaban J connectivity index is 0.00000110. The Morgan fingerprint density at radius 2 is 1.74 bits per heavy atom. The Morgan fingerprint density at radius 3 is 2.53 bits per heavy atom. The van der Waals surface area contributed by atoms with Crippen molar-refractivity contribution >= 4 is 16.8 Å². The average molecular weight is 425 g/mol. The van der Waals surface area contributed by atoms with Crippen molar-refractivity contribution in [1.82, 2.24) is 19.2 Å². The predicted molar refractivity (Wildman–Crippen MR) is 68.7 cm³/mol. The van der Waals surface area contributed by atoms with Crippen molar-refractivity contribution in [3.63, 3.8) is 0 Å². The molecule has 0 amide bonds. The molecule has 4 aromatic rings. The van der Waals surface area contributed by atoms with Gasteiger partial charge in [-0.15, -0.1) is 6.07 Å². The van der Waals surface area contributed by atoms with Crippen molar-refractivity contribution in [1.29, 1.82) is 0 Å². The quantitative estimate of drug-likeness (QED) is 0.439. The maximum absolute atomic E-state index is 4.33. The molecule has 4 nitrogen and oxygen atoms in total. The van der Waals surface area contributed by atoms with E-state index in [2.05, 4.69) is 26.8 Å². The van der Waals surface area contributed by atoms with E-state index in [1.165, 1.54) is 0 Å². The molecule has 4 rings (SSSR count). The summed E-state index contributed by atoms with van der Waals surface area (Å²) in [4.78, 5) is 4.33. The fraction of sp³-hybridized carbons (Fsp3) is 0. The van der Waals surface area contributed by atoms with Gasteiger partial charge in [0.15, 0.2) is 0 Å². The molecule has 2 heterocycles. The molecule has 0 aliphatic carbocycles. The Bertz CT molecular complexity index is 832. The van der Waals surface area contributed by atoms with Crippen LogP contribution in [0.3, 0.4) is 0 Å². The largest absolute Gasteiger partial charge is 0.301 e. The normalized spacial score (nSPS) is 10.7. The standard InChI is InChI=1S/C14H9N4.Ir/c1-2-6-11(7-3-1)17-12-8-4-5-9-13(12)18-14(17)15-10-16-18;/h1-6,8-10H;/q-1;. The van der Waals surface area contributed by atoms with E-state index in [0.717, 1.165) is 22.5 Å². The molecule has 1 radical (unpaired) electrons. The number of benzene rings is 2. The summed E-state index contributed by atoms with van der Waals surface area (Å²) in [5.74, 6) is 0.804. The average Bonchev–Trinajstić information content (AvgIpc) is 2.99. The number of nitrogens with zero attached hydrogens (tertiary/aromatic N) is 4. The molecule has 0 N–H and O–H groups in total. The molecule has 19 heavy (non-hydrogen) atoms. The summed E-state index contributed by atoms with van der Waals surface area (Å²) in [7, 11) is 0. The molecule has 0 saturated heterocycles. The summed E-state index contributed by atoms with van der Waals surface area (Å²) in [6.07, 6.45) is 1.57. The van der Waals surface area contributed by atoms with Gasteiger partial charge >= 0.3 is 0 Å². The molecule has 0 atom stereocenters. The van der Waals surface area contributed by atoms with Crippen molar-refractivity contribution in [2.24, 2.45) is 0 Å². The van der Waals surface area contributed by atoms with Crippen molar-refractivity contribution in [3.05, 3.63) is 60.9 Å². The van der Waals surface area contributed by atoms with E-state index in [4.69, 9.17) is 0 Å². The van der Waals surface area contributed by atoms with Gasteiger partial charge in [0, 0.05) is 20.1 Å². The number of hydrogen-bond acceptors (Lipinski definition) is 2. The Hall–Kier alpha value is -1.97. The summed E-state index contributed by atoms with van der Waals surface area (Å²) in [6.45, 7) is 0. The zero-order valence-electron chi connectivity index (χ0n) is 9.82. The van der Waals surface area contributed by atoms with Gasteiger partial charge in [0.2, 0.25) is 5.78 Å². The molecule has 0 fully saturated rings. The second-order valence-electron chi connectivity index (χ2n) is 4.04. The molecular weight excluding hydrogens is 416 g/mol. The first-order valence-corrected chi connectivity index (χ1v) is 5.71. The van der Waals surface area contributed by atoms with Gasteiger partial charge in [-0.25, -0.2) is 0 Å². The minimum Gasteiger partial charge on any atom is -0.301 e. The van der Waals surface area contributed by atoms with E-state index in [-0.39, 0.29) is 20.1 Å². The van der Waals surface area contributed by atoms with Crippen LogP contribution >= 0.6 is 0 Å². The van der Waals surface area contributed by atoms with E-state index >= 15 is 0 Å². The number of aromatic nitrogens is 4. The third-order valence-corrected chi connectivity index (χ3v) is 3.01. The van der Waals surface area contributed by atoms with Gasteiger partial charge in [-0.1, -0.05) is 17.8 Å². The Labute approximate surface area is 123 Å². The first kappa shape index (κ1) is 12.1. The number of para-hydroxylation sites is 3. The van der Waals surface area contributed by atoms with Crippen LogP contribution < -0.4 is 0 Å². The minimum atomic E-state index is 0. The van der Waals surface area contributed by atoms with Crippen molar-refractivity contribution < 1.29 is 20.1 Å². The number of fused-ring (bicyclic) bond motifs is 3. The molecule has 0 spiro atoms. The van der Waals surface area contributed by atoms with Gasteiger partial charge < -0.3 is 4.57 Å².